The molecular formula is C16H21N3O2. The maximum absolute atomic E-state index is 12.1. The summed E-state index contributed by atoms with van der Waals surface area (Å²) in [6, 6.07) is 7.45. The predicted molar refractivity (Wildman–Crippen MR) is 84.3 cm³/mol. The molecule has 0 fully saturated rings. The summed E-state index contributed by atoms with van der Waals surface area (Å²) in [5.41, 5.74) is 2.83. The largest absolute Gasteiger partial charge is 0.359 e. The van der Waals surface area contributed by atoms with Crippen LogP contribution in [-0.2, 0) is 11.3 Å². The van der Waals surface area contributed by atoms with Crippen LogP contribution in [0, 0.1) is 6.92 Å². The maximum atomic E-state index is 12.1. The molecule has 0 unspecified atom stereocenters. The number of fused-ring (bicyclic) bond motifs is 1. The minimum absolute atomic E-state index is 0.0367. The topological polar surface area (TPSA) is 74.0 Å². The van der Waals surface area contributed by atoms with Crippen LogP contribution in [0.1, 0.15) is 24.1 Å². The van der Waals surface area contributed by atoms with Crippen LogP contribution in [0.5, 0.6) is 0 Å². The molecule has 0 aliphatic rings. The van der Waals surface area contributed by atoms with Crippen LogP contribution in [0.25, 0.3) is 10.9 Å². The number of benzene rings is 1. The van der Waals surface area contributed by atoms with Crippen molar-refractivity contribution < 1.29 is 4.79 Å². The molecular weight excluding hydrogens is 266 g/mol. The average molecular weight is 287 g/mol. The Kier molecular flexibility index (Phi) is 5.11. The molecule has 0 atom stereocenters. The molecule has 5 heteroatoms. The third-order valence-electron chi connectivity index (χ3n) is 3.39. The molecule has 1 aromatic carbocycles. The van der Waals surface area contributed by atoms with E-state index < -0.39 is 0 Å². The third kappa shape index (κ3) is 4.16. The quantitative estimate of drug-likeness (QED) is 0.704. The van der Waals surface area contributed by atoms with Gasteiger partial charge < -0.3 is 15.6 Å². The first-order chi connectivity index (χ1) is 10.1. The molecule has 1 heterocycles. The van der Waals surface area contributed by atoms with E-state index in [1.165, 1.54) is 0 Å². The van der Waals surface area contributed by atoms with Crippen LogP contribution >= 0.6 is 0 Å². The van der Waals surface area contributed by atoms with Crippen molar-refractivity contribution in [3.63, 3.8) is 0 Å². The lowest BCUT2D eigenvalue weighted by atomic mass is 10.1. The number of hydrogen-bond acceptors (Lipinski definition) is 3. The van der Waals surface area contributed by atoms with Crippen LogP contribution in [0.2, 0.25) is 0 Å². The van der Waals surface area contributed by atoms with Gasteiger partial charge in [0.2, 0.25) is 5.91 Å². The van der Waals surface area contributed by atoms with Gasteiger partial charge in [0.05, 0.1) is 0 Å². The number of pyridine rings is 1. The molecule has 21 heavy (non-hydrogen) atoms. The fourth-order valence-electron chi connectivity index (χ4n) is 2.23. The van der Waals surface area contributed by atoms with Gasteiger partial charge in [0.1, 0.15) is 0 Å². The number of aryl methyl sites for hydroxylation is 1. The third-order valence-corrected chi connectivity index (χ3v) is 3.39. The average Bonchev–Trinajstić information content (AvgIpc) is 2.47. The zero-order valence-electron chi connectivity index (χ0n) is 12.5. The summed E-state index contributed by atoms with van der Waals surface area (Å²) in [5.74, 6) is 0.0475. The predicted octanol–water partition coefficient (Wildman–Crippen LogP) is 1.45. The zero-order chi connectivity index (χ0) is 15.2. The van der Waals surface area contributed by atoms with Crippen LogP contribution in [0.4, 0.5) is 0 Å². The van der Waals surface area contributed by atoms with Gasteiger partial charge in [-0.2, -0.15) is 0 Å². The van der Waals surface area contributed by atoms with Crippen molar-refractivity contribution in [1.29, 1.82) is 0 Å². The second-order valence-corrected chi connectivity index (χ2v) is 5.16. The van der Waals surface area contributed by atoms with E-state index in [0.717, 1.165) is 35.1 Å². The van der Waals surface area contributed by atoms with Gasteiger partial charge in [-0.1, -0.05) is 11.6 Å². The van der Waals surface area contributed by atoms with E-state index in [0.29, 0.717) is 13.0 Å². The number of aromatic nitrogens is 1. The van der Waals surface area contributed by atoms with E-state index in [4.69, 9.17) is 0 Å². The van der Waals surface area contributed by atoms with Crippen molar-refractivity contribution >= 4 is 16.8 Å². The molecule has 1 aromatic heterocycles. The van der Waals surface area contributed by atoms with Crippen molar-refractivity contribution in [3.8, 4) is 0 Å². The summed E-state index contributed by atoms with van der Waals surface area (Å²) in [5, 5.41) is 6.55. The Hall–Kier alpha value is -2.14. The molecule has 0 aliphatic heterocycles. The lowest BCUT2D eigenvalue weighted by Gasteiger charge is -2.07. The van der Waals surface area contributed by atoms with E-state index in [1.54, 1.807) is 13.1 Å². The van der Waals surface area contributed by atoms with Crippen LogP contribution in [-0.4, -0.2) is 24.5 Å². The number of carbonyl (C=O) groups excluding carboxylic acids is 1. The second-order valence-electron chi connectivity index (χ2n) is 5.16. The van der Waals surface area contributed by atoms with Gasteiger partial charge in [0, 0.05) is 42.7 Å². The van der Waals surface area contributed by atoms with Gasteiger partial charge in [-0.25, -0.2) is 0 Å². The Morgan fingerprint density at radius 3 is 2.86 bits per heavy atom. The van der Waals surface area contributed by atoms with Gasteiger partial charge in [-0.15, -0.1) is 0 Å². The summed E-state index contributed by atoms with van der Waals surface area (Å²) in [6.07, 6.45) is 1.29. The summed E-state index contributed by atoms with van der Waals surface area (Å²) in [6.45, 7) is 3.30. The minimum atomic E-state index is 0.0367. The molecule has 3 N–H and O–H groups in total. The normalized spacial score (nSPS) is 10.8. The van der Waals surface area contributed by atoms with Gasteiger partial charge in [0.25, 0.3) is 0 Å². The molecule has 2 rings (SSSR count). The SMILES string of the molecule is CNC(=O)CCCNCc1cc(=O)c2cc(C)ccc2[nH]1. The van der Waals surface area contributed by atoms with E-state index in [-0.39, 0.29) is 11.3 Å². The lowest BCUT2D eigenvalue weighted by molar-refractivity contribution is -0.120. The molecule has 0 saturated heterocycles. The molecule has 0 saturated carbocycles. The molecule has 5 nitrogen and oxygen atoms in total. The number of amides is 1. The summed E-state index contributed by atoms with van der Waals surface area (Å²) < 4.78 is 0. The number of hydrogen-bond donors (Lipinski definition) is 3. The first-order valence-corrected chi connectivity index (χ1v) is 7.14. The molecule has 2 aromatic rings. The van der Waals surface area contributed by atoms with E-state index in [9.17, 15) is 9.59 Å². The zero-order valence-corrected chi connectivity index (χ0v) is 12.5. The standard InChI is InChI=1S/C16H21N3O2/c1-11-5-6-14-13(8-11)15(20)9-12(19-14)10-18-7-3-4-16(21)17-2/h5-6,8-9,18H,3-4,7,10H2,1-2H3,(H,17,21)(H,19,20). The molecule has 0 spiro atoms. The highest BCUT2D eigenvalue weighted by molar-refractivity contribution is 5.79. The van der Waals surface area contributed by atoms with Crippen LogP contribution in [0.3, 0.4) is 0 Å². The van der Waals surface area contributed by atoms with Crippen LogP contribution in [0.15, 0.2) is 29.1 Å². The maximum Gasteiger partial charge on any atom is 0.219 e. The van der Waals surface area contributed by atoms with Crippen molar-refractivity contribution in [1.82, 2.24) is 15.6 Å². The first kappa shape index (κ1) is 15.3. The molecule has 0 aliphatic carbocycles. The Balaban J connectivity index is 1.95. The summed E-state index contributed by atoms with van der Waals surface area (Å²) >= 11 is 0. The van der Waals surface area contributed by atoms with Crippen molar-refractivity contribution in [3.05, 3.63) is 45.7 Å². The molecule has 1 amide bonds. The number of rotatable bonds is 6. The van der Waals surface area contributed by atoms with Crippen molar-refractivity contribution in [2.45, 2.75) is 26.3 Å². The van der Waals surface area contributed by atoms with E-state index in [1.807, 2.05) is 25.1 Å². The highest BCUT2D eigenvalue weighted by Gasteiger charge is 2.03. The van der Waals surface area contributed by atoms with Crippen molar-refractivity contribution in [2.75, 3.05) is 13.6 Å². The van der Waals surface area contributed by atoms with Crippen LogP contribution < -0.4 is 16.1 Å². The number of carbonyl (C=O) groups is 1. The molecule has 0 radical (unpaired) electrons. The van der Waals surface area contributed by atoms with Gasteiger partial charge in [0.15, 0.2) is 5.43 Å². The Bertz CT molecular complexity index is 691. The highest BCUT2D eigenvalue weighted by atomic mass is 16.1. The Labute approximate surface area is 123 Å². The fourth-order valence-corrected chi connectivity index (χ4v) is 2.23. The second kappa shape index (κ2) is 7.04. The van der Waals surface area contributed by atoms with E-state index >= 15 is 0 Å². The number of H-pyrrole nitrogens is 1. The summed E-state index contributed by atoms with van der Waals surface area (Å²) in [4.78, 5) is 26.4. The van der Waals surface area contributed by atoms with Gasteiger partial charge in [-0.3, -0.25) is 9.59 Å². The highest BCUT2D eigenvalue weighted by Crippen LogP contribution is 2.10. The van der Waals surface area contributed by atoms with Crippen molar-refractivity contribution in [2.24, 2.45) is 0 Å². The first-order valence-electron chi connectivity index (χ1n) is 7.14. The monoisotopic (exact) mass is 287 g/mol. The number of aromatic amines is 1. The van der Waals surface area contributed by atoms with Gasteiger partial charge >= 0.3 is 0 Å². The minimum Gasteiger partial charge on any atom is -0.359 e. The lowest BCUT2D eigenvalue weighted by Crippen LogP contribution is -2.21. The molecule has 112 valence electrons. The summed E-state index contributed by atoms with van der Waals surface area (Å²) in [7, 11) is 1.64. The molecule has 0 bridgehead atoms. The fraction of sp³-hybridized carbons (Fsp3) is 0.375. The Morgan fingerprint density at radius 1 is 1.29 bits per heavy atom. The Morgan fingerprint density at radius 2 is 2.10 bits per heavy atom. The van der Waals surface area contributed by atoms with Gasteiger partial charge in [-0.05, 0) is 32.0 Å². The van der Waals surface area contributed by atoms with E-state index in [2.05, 4.69) is 15.6 Å². The smallest absolute Gasteiger partial charge is 0.219 e. The number of nitrogens with one attached hydrogen (secondary N) is 3.